The lowest BCUT2D eigenvalue weighted by molar-refractivity contribution is -0.655. The van der Waals surface area contributed by atoms with Gasteiger partial charge in [0, 0.05) is 19.8 Å². The zero-order valence-corrected chi connectivity index (χ0v) is 10.1. The van der Waals surface area contributed by atoms with Gasteiger partial charge in [0.15, 0.2) is 6.20 Å². The Bertz CT molecular complexity index is 443. The van der Waals surface area contributed by atoms with Gasteiger partial charge in [0.25, 0.3) is 5.01 Å². The van der Waals surface area contributed by atoms with E-state index < -0.39 is 0 Å². The molecule has 0 aliphatic heterocycles. The second-order valence-corrected chi connectivity index (χ2v) is 4.65. The summed E-state index contributed by atoms with van der Waals surface area (Å²) in [5.74, 6) is 0. The minimum absolute atomic E-state index is 1.23. The number of hydrogen-bond donors (Lipinski definition) is 0. The van der Waals surface area contributed by atoms with Crippen LogP contribution in [0.5, 0.6) is 0 Å². The van der Waals surface area contributed by atoms with Crippen LogP contribution in [0.4, 0.5) is 5.69 Å². The maximum Gasteiger partial charge on any atom is 0.268 e. The van der Waals surface area contributed by atoms with Crippen molar-refractivity contribution in [2.45, 2.75) is 0 Å². The molecule has 0 N–H and O–H groups in total. The van der Waals surface area contributed by atoms with Gasteiger partial charge in [-0.25, -0.2) is 0 Å². The molecule has 78 valence electrons. The van der Waals surface area contributed by atoms with Gasteiger partial charge in [-0.1, -0.05) is 11.3 Å². The van der Waals surface area contributed by atoms with Crippen LogP contribution in [0.25, 0.3) is 10.6 Å². The van der Waals surface area contributed by atoms with Gasteiger partial charge in [-0.05, 0) is 24.3 Å². The average molecular weight is 219 g/mol. The molecule has 0 aliphatic carbocycles. The molecular weight excluding hydrogens is 204 g/mol. The van der Waals surface area contributed by atoms with Crippen LogP contribution >= 0.6 is 11.3 Å². The van der Waals surface area contributed by atoms with Gasteiger partial charge in [0.1, 0.15) is 7.05 Å². The van der Waals surface area contributed by atoms with Gasteiger partial charge in [0.2, 0.25) is 0 Å². The highest BCUT2D eigenvalue weighted by atomic mass is 32.1. The van der Waals surface area contributed by atoms with Crippen molar-refractivity contribution in [1.29, 1.82) is 0 Å². The molecular formula is C12H15N2S+. The summed E-state index contributed by atoms with van der Waals surface area (Å²) in [6, 6.07) is 8.63. The summed E-state index contributed by atoms with van der Waals surface area (Å²) < 4.78 is 2.15. The molecule has 0 radical (unpaired) electrons. The summed E-state index contributed by atoms with van der Waals surface area (Å²) in [6.45, 7) is 0. The Kier molecular flexibility index (Phi) is 2.73. The number of aryl methyl sites for hydroxylation is 1. The third-order valence-electron chi connectivity index (χ3n) is 2.42. The predicted octanol–water partition coefficient (Wildman–Crippen LogP) is 2.31. The summed E-state index contributed by atoms with van der Waals surface area (Å²) in [7, 11) is 6.19. The smallest absolute Gasteiger partial charge is 0.268 e. The number of thiazole rings is 1. The largest absolute Gasteiger partial charge is 0.378 e. The lowest BCUT2D eigenvalue weighted by Gasteiger charge is -2.11. The highest BCUT2D eigenvalue weighted by molar-refractivity contribution is 7.12. The van der Waals surface area contributed by atoms with E-state index in [9.17, 15) is 0 Å². The zero-order valence-electron chi connectivity index (χ0n) is 9.27. The fourth-order valence-electron chi connectivity index (χ4n) is 1.51. The Morgan fingerprint density at radius 2 is 1.80 bits per heavy atom. The Hall–Kier alpha value is -1.35. The highest BCUT2D eigenvalue weighted by Crippen LogP contribution is 2.22. The first-order chi connectivity index (χ1) is 7.18. The van der Waals surface area contributed by atoms with E-state index in [1.54, 1.807) is 11.3 Å². The molecule has 0 amide bonds. The zero-order chi connectivity index (χ0) is 10.8. The maximum absolute atomic E-state index is 2.17. The molecule has 1 aromatic carbocycles. The van der Waals surface area contributed by atoms with Crippen LogP contribution in [-0.4, -0.2) is 14.1 Å². The Morgan fingerprint density at radius 1 is 1.13 bits per heavy atom. The molecule has 0 unspecified atom stereocenters. The second kappa shape index (κ2) is 4.03. The number of hydrogen-bond acceptors (Lipinski definition) is 2. The second-order valence-electron chi connectivity index (χ2n) is 3.76. The van der Waals surface area contributed by atoms with E-state index in [4.69, 9.17) is 0 Å². The number of benzene rings is 1. The predicted molar refractivity (Wildman–Crippen MR) is 65.3 cm³/mol. The normalized spacial score (nSPS) is 10.3. The first-order valence-electron chi connectivity index (χ1n) is 4.89. The van der Waals surface area contributed by atoms with Crippen molar-refractivity contribution in [1.82, 2.24) is 0 Å². The number of rotatable bonds is 2. The summed E-state index contributed by atoms with van der Waals surface area (Å²) in [5.41, 5.74) is 2.51. The van der Waals surface area contributed by atoms with E-state index in [2.05, 4.69) is 66.5 Å². The van der Waals surface area contributed by atoms with E-state index in [-0.39, 0.29) is 0 Å². The van der Waals surface area contributed by atoms with E-state index in [1.807, 2.05) is 0 Å². The van der Waals surface area contributed by atoms with Crippen LogP contribution in [0.2, 0.25) is 0 Å². The number of anilines is 1. The van der Waals surface area contributed by atoms with Gasteiger partial charge in [-0.15, -0.1) is 0 Å². The van der Waals surface area contributed by atoms with Gasteiger partial charge >= 0.3 is 0 Å². The van der Waals surface area contributed by atoms with E-state index >= 15 is 0 Å². The summed E-state index contributed by atoms with van der Waals surface area (Å²) >= 11 is 1.77. The fourth-order valence-corrected chi connectivity index (χ4v) is 2.38. The van der Waals surface area contributed by atoms with Gasteiger partial charge in [-0.2, -0.15) is 4.57 Å². The van der Waals surface area contributed by atoms with Crippen molar-refractivity contribution in [2.24, 2.45) is 7.05 Å². The van der Waals surface area contributed by atoms with Gasteiger partial charge in [0.05, 0.1) is 10.9 Å². The molecule has 15 heavy (non-hydrogen) atoms. The van der Waals surface area contributed by atoms with Crippen molar-refractivity contribution in [3.8, 4) is 10.6 Å². The number of aromatic nitrogens is 1. The quantitative estimate of drug-likeness (QED) is 0.703. The molecule has 0 bridgehead atoms. The molecule has 3 heteroatoms. The first kappa shape index (κ1) is 10.2. The molecule has 0 saturated carbocycles. The lowest BCUT2D eigenvalue weighted by Crippen LogP contribution is -2.26. The Morgan fingerprint density at radius 3 is 2.27 bits per heavy atom. The molecule has 0 saturated heterocycles. The molecule has 0 aliphatic rings. The average Bonchev–Trinajstić information content (AvgIpc) is 2.65. The van der Waals surface area contributed by atoms with Crippen LogP contribution in [0, 0.1) is 0 Å². The fraction of sp³-hybridized carbons (Fsp3) is 0.250. The molecule has 0 spiro atoms. The summed E-state index contributed by atoms with van der Waals surface area (Å²) in [5, 5.41) is 3.40. The van der Waals surface area contributed by atoms with Gasteiger partial charge in [-0.3, -0.25) is 0 Å². The molecule has 1 aromatic heterocycles. The van der Waals surface area contributed by atoms with E-state index in [0.717, 1.165) is 0 Å². The molecule has 0 fully saturated rings. The van der Waals surface area contributed by atoms with E-state index in [0.29, 0.717) is 0 Å². The molecule has 1 heterocycles. The lowest BCUT2D eigenvalue weighted by atomic mass is 10.2. The van der Waals surface area contributed by atoms with E-state index in [1.165, 1.54) is 16.3 Å². The van der Waals surface area contributed by atoms with Crippen molar-refractivity contribution in [2.75, 3.05) is 19.0 Å². The minimum atomic E-state index is 1.23. The molecule has 0 atom stereocenters. The Labute approximate surface area is 94.4 Å². The van der Waals surface area contributed by atoms with Crippen molar-refractivity contribution in [3.05, 3.63) is 35.8 Å². The maximum atomic E-state index is 2.17. The summed E-state index contributed by atoms with van der Waals surface area (Å²) in [4.78, 5) is 2.11. The standard InChI is InChI=1S/C12H15N2S/c1-13(2)11-6-4-10(5-7-11)12-14(3)8-9-15-12/h4-9H,1-3H3/q+1. The van der Waals surface area contributed by atoms with Crippen LogP contribution in [0.15, 0.2) is 35.8 Å². The van der Waals surface area contributed by atoms with Crippen molar-refractivity contribution < 1.29 is 4.57 Å². The van der Waals surface area contributed by atoms with Crippen LogP contribution in [0.1, 0.15) is 0 Å². The van der Waals surface area contributed by atoms with Crippen LogP contribution in [0.3, 0.4) is 0 Å². The molecule has 2 aromatic rings. The van der Waals surface area contributed by atoms with Gasteiger partial charge < -0.3 is 4.90 Å². The van der Waals surface area contributed by atoms with Crippen molar-refractivity contribution in [3.63, 3.8) is 0 Å². The minimum Gasteiger partial charge on any atom is -0.378 e. The third kappa shape index (κ3) is 2.02. The molecule has 2 rings (SSSR count). The first-order valence-corrected chi connectivity index (χ1v) is 5.77. The molecule has 2 nitrogen and oxygen atoms in total. The SMILES string of the molecule is CN(C)c1ccc(-c2scc[n+]2C)cc1. The monoisotopic (exact) mass is 219 g/mol. The Balaban J connectivity index is 2.36. The third-order valence-corrected chi connectivity index (χ3v) is 3.42. The van der Waals surface area contributed by atoms with Crippen LogP contribution < -0.4 is 9.47 Å². The van der Waals surface area contributed by atoms with Crippen LogP contribution in [-0.2, 0) is 7.05 Å². The number of nitrogens with zero attached hydrogens (tertiary/aromatic N) is 2. The van der Waals surface area contributed by atoms with Crippen molar-refractivity contribution >= 4 is 17.0 Å². The highest BCUT2D eigenvalue weighted by Gasteiger charge is 2.10. The topological polar surface area (TPSA) is 7.12 Å². The summed E-state index contributed by atoms with van der Waals surface area (Å²) in [6.07, 6.45) is 2.08.